The number of benzene rings is 1. The van der Waals surface area contributed by atoms with Gasteiger partial charge in [-0.25, -0.2) is 0 Å². The van der Waals surface area contributed by atoms with E-state index in [9.17, 15) is 9.90 Å². The number of hydrogen-bond donors (Lipinski definition) is 3. The number of hydrogen-bond acceptors (Lipinski definition) is 4. The Kier molecular flexibility index (Phi) is 5.86. The molecule has 1 aromatic rings. The normalized spacial score (nSPS) is 28.4. The topological polar surface area (TPSA) is 89.9 Å². The summed E-state index contributed by atoms with van der Waals surface area (Å²) in [5, 5.41) is 21.7. The Morgan fingerprint density at radius 1 is 1.19 bits per heavy atom. The van der Waals surface area contributed by atoms with E-state index in [1.165, 1.54) is 11.1 Å². The van der Waals surface area contributed by atoms with E-state index in [-0.39, 0.29) is 11.9 Å². The Balaban J connectivity index is 0.000000481. The predicted molar refractivity (Wildman–Crippen MR) is 102 cm³/mol. The first-order valence-corrected chi connectivity index (χ1v) is 9.83. The maximum Gasteiger partial charge on any atom is 0.300 e. The summed E-state index contributed by atoms with van der Waals surface area (Å²) >= 11 is 0. The maximum absolute atomic E-state index is 13.2. The number of carbonyl (C=O) groups excluding carboxylic acids is 1. The number of aliphatic hydroxyl groups is 1. The van der Waals surface area contributed by atoms with Crippen LogP contribution in [0.3, 0.4) is 0 Å². The van der Waals surface area contributed by atoms with E-state index in [1.807, 2.05) is 4.90 Å². The number of aryl methyl sites for hydroxylation is 1. The molecule has 4 rings (SSSR count). The lowest BCUT2D eigenvalue weighted by molar-refractivity contribution is -0.152. The highest BCUT2D eigenvalue weighted by molar-refractivity contribution is 5.86. The number of amides is 1. The first-order chi connectivity index (χ1) is 12.8. The van der Waals surface area contributed by atoms with Gasteiger partial charge in [-0.3, -0.25) is 9.59 Å². The number of aliphatic carboxylic acids is 1. The molecule has 6 heteroatoms. The summed E-state index contributed by atoms with van der Waals surface area (Å²) in [6.07, 6.45) is 3.16. The first kappa shape index (κ1) is 19.8. The summed E-state index contributed by atoms with van der Waals surface area (Å²) in [6.45, 7) is 5.93. The zero-order valence-electron chi connectivity index (χ0n) is 16.1. The van der Waals surface area contributed by atoms with Gasteiger partial charge in [0.05, 0.1) is 6.04 Å². The highest BCUT2D eigenvalue weighted by Gasteiger charge is 2.51. The molecule has 0 unspecified atom stereocenters. The summed E-state index contributed by atoms with van der Waals surface area (Å²) in [5.74, 6) is 0.108. The number of nitrogens with zero attached hydrogens (tertiary/aromatic N) is 1. The molecule has 0 bridgehead atoms. The monoisotopic (exact) mass is 374 g/mol. The van der Waals surface area contributed by atoms with Crippen molar-refractivity contribution in [2.45, 2.75) is 51.2 Å². The standard InChI is InChI=1S/C19H26N2O2.C2H4O2/c1-13-6-2-3-7-15(13)17-16-11-20-10-14(16)12-21(17)18(22)19(23)8-4-5-9-19;1-2(3)4/h2-3,6-7,14,16-17,20,23H,4-5,8-12H2,1H3;1H3,(H,3,4)/t14-,16-,17-;/m0./s1. The third kappa shape index (κ3) is 4.01. The van der Waals surface area contributed by atoms with Gasteiger partial charge in [-0.1, -0.05) is 24.3 Å². The highest BCUT2D eigenvalue weighted by atomic mass is 16.4. The van der Waals surface area contributed by atoms with Crippen molar-refractivity contribution >= 4 is 11.9 Å². The average molecular weight is 374 g/mol. The Hall–Kier alpha value is -1.92. The summed E-state index contributed by atoms with van der Waals surface area (Å²) in [6, 6.07) is 8.49. The molecule has 0 radical (unpaired) electrons. The van der Waals surface area contributed by atoms with Crippen LogP contribution in [0.4, 0.5) is 0 Å². The SMILES string of the molecule is CC(=O)O.Cc1ccccc1[C@H]1[C@H]2CNC[C@H]2CN1C(=O)C1(O)CCCC1. The van der Waals surface area contributed by atoms with Gasteiger partial charge in [0.1, 0.15) is 5.60 Å². The van der Waals surface area contributed by atoms with Crippen LogP contribution in [-0.2, 0) is 9.59 Å². The second-order valence-electron chi connectivity index (χ2n) is 8.10. The number of nitrogens with one attached hydrogen (secondary N) is 1. The molecule has 1 saturated carbocycles. The lowest BCUT2D eigenvalue weighted by Gasteiger charge is -2.34. The van der Waals surface area contributed by atoms with Gasteiger partial charge in [-0.2, -0.15) is 0 Å². The molecule has 3 aliphatic rings. The molecule has 3 N–H and O–H groups in total. The molecule has 2 aliphatic heterocycles. The number of carboxylic acids is 1. The van der Waals surface area contributed by atoms with E-state index >= 15 is 0 Å². The van der Waals surface area contributed by atoms with Crippen LogP contribution < -0.4 is 5.32 Å². The van der Waals surface area contributed by atoms with Crippen LogP contribution in [0.15, 0.2) is 24.3 Å². The van der Waals surface area contributed by atoms with Crippen molar-refractivity contribution in [1.82, 2.24) is 10.2 Å². The van der Waals surface area contributed by atoms with Gasteiger partial charge in [0.25, 0.3) is 11.9 Å². The van der Waals surface area contributed by atoms with Gasteiger partial charge >= 0.3 is 0 Å². The van der Waals surface area contributed by atoms with Crippen LogP contribution in [0.5, 0.6) is 0 Å². The summed E-state index contributed by atoms with van der Waals surface area (Å²) in [7, 11) is 0. The van der Waals surface area contributed by atoms with Crippen LogP contribution in [0.1, 0.15) is 49.8 Å². The van der Waals surface area contributed by atoms with Gasteiger partial charge in [0.15, 0.2) is 0 Å². The molecule has 148 valence electrons. The summed E-state index contributed by atoms with van der Waals surface area (Å²) in [4.78, 5) is 24.2. The number of carboxylic acid groups (broad SMARTS) is 1. The minimum atomic E-state index is -1.12. The highest BCUT2D eigenvalue weighted by Crippen LogP contribution is 2.45. The lowest BCUT2D eigenvalue weighted by Crippen LogP contribution is -2.48. The second kappa shape index (κ2) is 7.98. The minimum Gasteiger partial charge on any atom is -0.481 e. The number of carbonyl (C=O) groups is 2. The van der Waals surface area contributed by atoms with Crippen molar-refractivity contribution in [1.29, 1.82) is 0 Å². The fourth-order valence-corrected chi connectivity index (χ4v) is 4.89. The number of fused-ring (bicyclic) bond motifs is 1. The Labute approximate surface area is 160 Å². The van der Waals surface area contributed by atoms with Crippen LogP contribution in [0, 0.1) is 18.8 Å². The molecule has 1 aliphatic carbocycles. The Bertz CT molecular complexity index is 695. The van der Waals surface area contributed by atoms with Crippen LogP contribution in [0.25, 0.3) is 0 Å². The molecular weight excluding hydrogens is 344 g/mol. The van der Waals surface area contributed by atoms with Crippen molar-refractivity contribution in [2.75, 3.05) is 19.6 Å². The molecule has 1 amide bonds. The first-order valence-electron chi connectivity index (χ1n) is 9.83. The van der Waals surface area contributed by atoms with E-state index < -0.39 is 11.6 Å². The Morgan fingerprint density at radius 3 is 2.44 bits per heavy atom. The van der Waals surface area contributed by atoms with Gasteiger partial charge in [0.2, 0.25) is 0 Å². The van der Waals surface area contributed by atoms with Gasteiger partial charge in [-0.15, -0.1) is 0 Å². The molecule has 0 aromatic heterocycles. The predicted octanol–water partition coefficient (Wildman–Crippen LogP) is 2.11. The van der Waals surface area contributed by atoms with E-state index in [0.717, 1.165) is 39.4 Å². The lowest BCUT2D eigenvalue weighted by atomic mass is 9.87. The zero-order valence-corrected chi connectivity index (χ0v) is 16.1. The smallest absolute Gasteiger partial charge is 0.300 e. The van der Waals surface area contributed by atoms with E-state index in [0.29, 0.717) is 24.7 Å². The van der Waals surface area contributed by atoms with Crippen molar-refractivity contribution in [3.63, 3.8) is 0 Å². The molecule has 6 nitrogen and oxygen atoms in total. The molecule has 27 heavy (non-hydrogen) atoms. The van der Waals surface area contributed by atoms with Gasteiger partial charge in [-0.05, 0) is 49.7 Å². The van der Waals surface area contributed by atoms with Crippen molar-refractivity contribution in [2.24, 2.45) is 11.8 Å². The third-order valence-corrected chi connectivity index (χ3v) is 6.16. The Morgan fingerprint density at radius 2 is 1.81 bits per heavy atom. The maximum atomic E-state index is 13.2. The van der Waals surface area contributed by atoms with Gasteiger partial charge < -0.3 is 20.4 Å². The van der Waals surface area contributed by atoms with Gasteiger partial charge in [0, 0.05) is 32.5 Å². The summed E-state index contributed by atoms with van der Waals surface area (Å²) < 4.78 is 0. The molecule has 2 saturated heterocycles. The molecule has 1 aromatic carbocycles. The van der Waals surface area contributed by atoms with Crippen LogP contribution >= 0.6 is 0 Å². The van der Waals surface area contributed by atoms with E-state index in [4.69, 9.17) is 9.90 Å². The van der Waals surface area contributed by atoms with Crippen LogP contribution in [-0.4, -0.2) is 52.2 Å². The molecule has 3 fully saturated rings. The fourth-order valence-electron chi connectivity index (χ4n) is 4.89. The largest absolute Gasteiger partial charge is 0.481 e. The number of likely N-dealkylation sites (tertiary alicyclic amines) is 1. The molecular formula is C21H30N2O4. The molecule has 0 spiro atoms. The second-order valence-corrected chi connectivity index (χ2v) is 8.10. The summed E-state index contributed by atoms with van der Waals surface area (Å²) in [5.41, 5.74) is 1.37. The van der Waals surface area contributed by atoms with E-state index in [1.54, 1.807) is 0 Å². The fraction of sp³-hybridized carbons (Fsp3) is 0.619. The zero-order chi connectivity index (χ0) is 19.6. The van der Waals surface area contributed by atoms with Crippen molar-refractivity contribution < 1.29 is 19.8 Å². The number of rotatable bonds is 2. The molecule has 3 atom stereocenters. The molecule has 2 heterocycles. The van der Waals surface area contributed by atoms with Crippen molar-refractivity contribution in [3.8, 4) is 0 Å². The minimum absolute atomic E-state index is 0.0300. The van der Waals surface area contributed by atoms with Crippen LogP contribution in [0.2, 0.25) is 0 Å². The average Bonchev–Trinajstić information content (AvgIpc) is 3.30. The van der Waals surface area contributed by atoms with Crippen molar-refractivity contribution in [3.05, 3.63) is 35.4 Å². The van der Waals surface area contributed by atoms with E-state index in [2.05, 4.69) is 36.5 Å². The third-order valence-electron chi connectivity index (χ3n) is 6.16. The quantitative estimate of drug-likeness (QED) is 0.738.